The van der Waals surface area contributed by atoms with E-state index in [-0.39, 0.29) is 16.7 Å². The van der Waals surface area contributed by atoms with Gasteiger partial charge in [-0.15, -0.1) is 11.3 Å². The number of nitrogens with zero attached hydrogens (tertiary/aromatic N) is 2. The molecule has 4 rings (SSSR count). The first-order valence-corrected chi connectivity index (χ1v) is 13.1. The van der Waals surface area contributed by atoms with Crippen LogP contribution in [0.25, 0.3) is 11.3 Å². The maximum atomic E-state index is 12.9. The molecule has 168 valence electrons. The van der Waals surface area contributed by atoms with Crippen molar-refractivity contribution >= 4 is 55.6 Å². The number of hydrogen-bond acceptors (Lipinski definition) is 5. The van der Waals surface area contributed by atoms with Crippen molar-refractivity contribution in [3.05, 3.63) is 63.5 Å². The zero-order valence-electron chi connectivity index (χ0n) is 17.2. The van der Waals surface area contributed by atoms with Crippen molar-refractivity contribution in [1.29, 1.82) is 0 Å². The van der Waals surface area contributed by atoms with Crippen molar-refractivity contribution < 1.29 is 13.2 Å². The van der Waals surface area contributed by atoms with Crippen LogP contribution in [0, 0.1) is 12.8 Å². The number of sulfonamides is 1. The molecule has 0 spiro atoms. The number of aromatic nitrogens is 1. The van der Waals surface area contributed by atoms with E-state index in [9.17, 15) is 13.2 Å². The molecule has 1 aliphatic rings. The van der Waals surface area contributed by atoms with Gasteiger partial charge >= 0.3 is 0 Å². The lowest BCUT2D eigenvalue weighted by atomic mass is 9.97. The Kier molecular flexibility index (Phi) is 6.88. The number of aryl methyl sites for hydroxylation is 1. The molecule has 0 aliphatic carbocycles. The SMILES string of the molecule is Cc1ccc(S(=O)(=O)N2CCC(C(=O)Nc3nc(-c4ccc(Cl)cc4Cl)cs3)CC2)cc1. The predicted octanol–water partition coefficient (Wildman–Crippen LogP) is 5.46. The van der Waals surface area contributed by atoms with Gasteiger partial charge in [-0.3, -0.25) is 4.79 Å². The molecule has 2 heterocycles. The van der Waals surface area contributed by atoms with Gasteiger partial charge < -0.3 is 5.32 Å². The van der Waals surface area contributed by atoms with E-state index >= 15 is 0 Å². The number of piperidine rings is 1. The number of nitrogens with one attached hydrogen (secondary N) is 1. The van der Waals surface area contributed by atoms with Crippen molar-refractivity contribution in [2.45, 2.75) is 24.7 Å². The summed E-state index contributed by atoms with van der Waals surface area (Å²) in [6, 6.07) is 12.0. The smallest absolute Gasteiger partial charge is 0.243 e. The molecule has 1 amide bonds. The third-order valence-corrected chi connectivity index (χ3v) is 8.64. The van der Waals surface area contributed by atoms with Gasteiger partial charge in [0, 0.05) is 35.0 Å². The van der Waals surface area contributed by atoms with Crippen LogP contribution in [0.5, 0.6) is 0 Å². The second kappa shape index (κ2) is 9.49. The highest BCUT2D eigenvalue weighted by molar-refractivity contribution is 7.89. The zero-order chi connectivity index (χ0) is 22.9. The summed E-state index contributed by atoms with van der Waals surface area (Å²) >= 11 is 13.5. The van der Waals surface area contributed by atoms with Crippen molar-refractivity contribution in [3.8, 4) is 11.3 Å². The number of rotatable bonds is 5. The average molecular weight is 510 g/mol. The highest BCUT2D eigenvalue weighted by Gasteiger charge is 2.32. The lowest BCUT2D eigenvalue weighted by molar-refractivity contribution is -0.120. The standard InChI is InChI=1S/C22H21Cl2N3O3S2/c1-14-2-5-17(6-3-14)32(29,30)27-10-8-15(9-11-27)21(28)26-22-25-20(13-31-22)18-7-4-16(23)12-19(18)24/h2-7,12-13,15H,8-11H2,1H3,(H,25,26,28). The van der Waals surface area contributed by atoms with Gasteiger partial charge in [0.2, 0.25) is 15.9 Å². The fourth-order valence-corrected chi connectivity index (χ4v) is 6.27. The molecular weight excluding hydrogens is 489 g/mol. The van der Waals surface area contributed by atoms with Gasteiger partial charge in [0.15, 0.2) is 5.13 Å². The Morgan fingerprint density at radius 3 is 2.47 bits per heavy atom. The lowest BCUT2D eigenvalue weighted by Crippen LogP contribution is -2.41. The molecule has 0 atom stereocenters. The molecule has 1 aromatic heterocycles. The molecule has 3 aromatic rings. The van der Waals surface area contributed by atoms with Gasteiger partial charge in [-0.05, 0) is 50.1 Å². The molecule has 10 heteroatoms. The summed E-state index contributed by atoms with van der Waals surface area (Å²) in [5.41, 5.74) is 2.40. The van der Waals surface area contributed by atoms with Crippen LogP contribution in [0.15, 0.2) is 52.7 Å². The van der Waals surface area contributed by atoms with E-state index in [1.807, 2.05) is 12.3 Å². The largest absolute Gasteiger partial charge is 0.302 e. The highest BCUT2D eigenvalue weighted by Crippen LogP contribution is 2.33. The van der Waals surface area contributed by atoms with Gasteiger partial charge in [0.05, 0.1) is 15.6 Å². The van der Waals surface area contributed by atoms with Crippen LogP contribution in [-0.4, -0.2) is 36.7 Å². The van der Waals surface area contributed by atoms with Crippen molar-refractivity contribution in [3.63, 3.8) is 0 Å². The summed E-state index contributed by atoms with van der Waals surface area (Å²) in [5.74, 6) is -0.425. The van der Waals surface area contributed by atoms with E-state index in [0.29, 0.717) is 46.8 Å². The summed E-state index contributed by atoms with van der Waals surface area (Å²) in [4.78, 5) is 17.5. The molecule has 0 unspecified atom stereocenters. The van der Waals surface area contributed by atoms with Gasteiger partial charge in [-0.25, -0.2) is 13.4 Å². The second-order valence-electron chi connectivity index (χ2n) is 7.64. The fraction of sp³-hybridized carbons (Fsp3) is 0.273. The van der Waals surface area contributed by atoms with Crippen LogP contribution in [0.2, 0.25) is 10.0 Å². The summed E-state index contributed by atoms with van der Waals surface area (Å²) in [6.07, 6.45) is 0.913. The van der Waals surface area contributed by atoms with Crippen molar-refractivity contribution in [2.75, 3.05) is 18.4 Å². The van der Waals surface area contributed by atoms with Crippen LogP contribution >= 0.6 is 34.5 Å². The minimum Gasteiger partial charge on any atom is -0.302 e. The first-order valence-electron chi connectivity index (χ1n) is 10.0. The Labute approximate surface area is 201 Å². The second-order valence-corrected chi connectivity index (χ2v) is 11.3. The highest BCUT2D eigenvalue weighted by atomic mass is 35.5. The number of benzene rings is 2. The third kappa shape index (κ3) is 5.00. The van der Waals surface area contributed by atoms with Crippen LogP contribution in [-0.2, 0) is 14.8 Å². The van der Waals surface area contributed by atoms with Crippen LogP contribution in [0.3, 0.4) is 0 Å². The van der Waals surface area contributed by atoms with Gasteiger partial charge in [-0.1, -0.05) is 40.9 Å². The number of hydrogen-bond donors (Lipinski definition) is 1. The van der Waals surface area contributed by atoms with E-state index in [1.54, 1.807) is 42.5 Å². The number of amides is 1. The van der Waals surface area contributed by atoms with E-state index in [1.165, 1.54) is 15.6 Å². The molecule has 0 bridgehead atoms. The first kappa shape index (κ1) is 23.2. The summed E-state index contributed by atoms with van der Waals surface area (Å²) < 4.78 is 27.2. The summed E-state index contributed by atoms with van der Waals surface area (Å²) in [7, 11) is -3.55. The van der Waals surface area contributed by atoms with Gasteiger partial charge in [0.25, 0.3) is 0 Å². The van der Waals surface area contributed by atoms with Gasteiger partial charge in [0.1, 0.15) is 0 Å². The van der Waals surface area contributed by atoms with Gasteiger partial charge in [-0.2, -0.15) is 4.31 Å². The fourth-order valence-electron chi connectivity index (χ4n) is 3.58. The Hall–Kier alpha value is -1.97. The number of halogens is 2. The zero-order valence-corrected chi connectivity index (χ0v) is 20.4. The first-order chi connectivity index (χ1) is 15.2. The molecule has 1 N–H and O–H groups in total. The number of anilines is 1. The molecule has 1 aliphatic heterocycles. The molecule has 2 aromatic carbocycles. The van der Waals surface area contributed by atoms with Crippen molar-refractivity contribution in [1.82, 2.24) is 9.29 Å². The molecule has 0 radical (unpaired) electrons. The average Bonchev–Trinajstić information content (AvgIpc) is 3.22. The Morgan fingerprint density at radius 1 is 1.12 bits per heavy atom. The number of carbonyl (C=O) groups excluding carboxylic acids is 1. The van der Waals surface area contributed by atoms with E-state index in [4.69, 9.17) is 23.2 Å². The summed E-state index contributed by atoms with van der Waals surface area (Å²) in [5, 5.41) is 6.18. The van der Waals surface area contributed by atoms with E-state index < -0.39 is 10.0 Å². The monoisotopic (exact) mass is 509 g/mol. The maximum absolute atomic E-state index is 12.9. The van der Waals surface area contributed by atoms with Crippen LogP contribution < -0.4 is 5.32 Å². The third-order valence-electron chi connectivity index (χ3n) is 5.42. The Morgan fingerprint density at radius 2 is 1.81 bits per heavy atom. The molecule has 1 fully saturated rings. The quantitative estimate of drug-likeness (QED) is 0.494. The van der Waals surface area contributed by atoms with E-state index in [2.05, 4.69) is 10.3 Å². The lowest BCUT2D eigenvalue weighted by Gasteiger charge is -2.30. The summed E-state index contributed by atoms with van der Waals surface area (Å²) in [6.45, 7) is 2.52. The van der Waals surface area contributed by atoms with Crippen molar-refractivity contribution in [2.24, 2.45) is 5.92 Å². The molecular formula is C22H21Cl2N3O3S2. The Bertz CT molecular complexity index is 1240. The molecule has 0 saturated carbocycles. The molecule has 1 saturated heterocycles. The molecule has 32 heavy (non-hydrogen) atoms. The van der Waals surface area contributed by atoms with E-state index in [0.717, 1.165) is 11.1 Å². The number of carbonyl (C=O) groups is 1. The molecule has 6 nitrogen and oxygen atoms in total. The normalized spacial score (nSPS) is 15.6. The predicted molar refractivity (Wildman–Crippen MR) is 129 cm³/mol. The van der Waals surface area contributed by atoms with Crippen LogP contribution in [0.1, 0.15) is 18.4 Å². The topological polar surface area (TPSA) is 79.4 Å². The minimum atomic E-state index is -3.55. The van der Waals surface area contributed by atoms with Crippen LogP contribution in [0.4, 0.5) is 5.13 Å². The minimum absolute atomic E-state index is 0.152. The maximum Gasteiger partial charge on any atom is 0.243 e. The number of thiazole rings is 1. The Balaban J connectivity index is 1.37.